The van der Waals surface area contributed by atoms with Crippen molar-refractivity contribution in [3.8, 4) is 0 Å². The quantitative estimate of drug-likeness (QED) is 0.450. The van der Waals surface area contributed by atoms with Crippen molar-refractivity contribution in [3.05, 3.63) is 0 Å². The fourth-order valence-corrected chi connectivity index (χ4v) is 7.19. The molecule has 0 radical (unpaired) electrons. The Morgan fingerprint density at radius 2 is 0.714 bits per heavy atom. The molecule has 164 valence electrons. The molecule has 0 nitrogen and oxygen atoms in total. The average molecular weight is 389 g/mol. The first-order valence-electron chi connectivity index (χ1n) is 13.1. The number of hydrogen-bond acceptors (Lipinski definition) is 0. The van der Waals surface area contributed by atoms with E-state index in [1.165, 1.54) is 51.4 Å². The van der Waals surface area contributed by atoms with Crippen LogP contribution in [0.1, 0.15) is 131 Å². The first-order chi connectivity index (χ1) is 13.1. The first-order valence-corrected chi connectivity index (χ1v) is 13.1. The molecule has 0 aromatic rings. The van der Waals surface area contributed by atoms with Crippen molar-refractivity contribution in [3.63, 3.8) is 0 Å². The van der Waals surface area contributed by atoms with E-state index in [4.69, 9.17) is 0 Å². The molecule has 0 bridgehead atoms. The van der Waals surface area contributed by atoms with E-state index in [9.17, 15) is 0 Å². The zero-order valence-corrected chi connectivity index (χ0v) is 20.4. The van der Waals surface area contributed by atoms with Crippen LogP contribution in [0.5, 0.6) is 0 Å². The van der Waals surface area contributed by atoms with Crippen LogP contribution in [0, 0.1) is 46.3 Å². The number of hydrogen-bond donors (Lipinski definition) is 0. The predicted molar refractivity (Wildman–Crippen MR) is 124 cm³/mol. The molecule has 0 N–H and O–H groups in total. The van der Waals surface area contributed by atoms with Gasteiger partial charge in [0.2, 0.25) is 0 Å². The van der Waals surface area contributed by atoms with Gasteiger partial charge in [-0.2, -0.15) is 0 Å². The molecule has 0 atom stereocenters. The van der Waals surface area contributed by atoms with Crippen molar-refractivity contribution in [1.29, 1.82) is 0 Å². The van der Waals surface area contributed by atoms with Crippen molar-refractivity contribution in [2.24, 2.45) is 46.3 Å². The summed E-state index contributed by atoms with van der Waals surface area (Å²) in [5.41, 5.74) is 1.07. The first kappa shape index (κ1) is 22.7. The van der Waals surface area contributed by atoms with Gasteiger partial charge >= 0.3 is 0 Å². The second-order valence-corrected chi connectivity index (χ2v) is 13.4. The summed E-state index contributed by atoms with van der Waals surface area (Å²) in [4.78, 5) is 0. The molecule has 3 saturated carbocycles. The average Bonchev–Trinajstić information content (AvgIpc) is 2.66. The van der Waals surface area contributed by atoms with Crippen LogP contribution in [0.25, 0.3) is 0 Å². The van der Waals surface area contributed by atoms with Gasteiger partial charge in [-0.05, 0) is 97.7 Å². The maximum absolute atomic E-state index is 2.46. The van der Waals surface area contributed by atoms with E-state index in [2.05, 4.69) is 41.5 Å². The lowest BCUT2D eigenvalue weighted by Crippen LogP contribution is -2.30. The Morgan fingerprint density at radius 1 is 0.429 bits per heavy atom. The van der Waals surface area contributed by atoms with E-state index in [0.717, 1.165) is 35.5 Å². The summed E-state index contributed by atoms with van der Waals surface area (Å²) in [6.45, 7) is 14.7. The fourth-order valence-electron chi connectivity index (χ4n) is 7.19. The highest BCUT2D eigenvalue weighted by atomic mass is 14.4. The van der Waals surface area contributed by atoms with Gasteiger partial charge in [0.05, 0.1) is 0 Å². The number of rotatable bonds is 4. The van der Waals surface area contributed by atoms with Crippen molar-refractivity contribution in [2.45, 2.75) is 131 Å². The van der Waals surface area contributed by atoms with E-state index in [1.54, 1.807) is 38.5 Å². The van der Waals surface area contributed by atoms with E-state index >= 15 is 0 Å². The van der Waals surface area contributed by atoms with Crippen LogP contribution in [0.3, 0.4) is 0 Å². The Balaban J connectivity index is 1.31. The third-order valence-corrected chi connectivity index (χ3v) is 9.61. The molecule has 0 amide bonds. The van der Waals surface area contributed by atoms with Gasteiger partial charge in [-0.1, -0.05) is 80.1 Å². The van der Waals surface area contributed by atoms with E-state index in [1.807, 2.05) is 0 Å². The zero-order valence-electron chi connectivity index (χ0n) is 20.4. The maximum atomic E-state index is 2.46. The monoisotopic (exact) mass is 388 g/mol. The van der Waals surface area contributed by atoms with Gasteiger partial charge in [-0.25, -0.2) is 0 Å². The Bertz CT molecular complexity index is 437. The van der Waals surface area contributed by atoms with Gasteiger partial charge in [-0.15, -0.1) is 0 Å². The molecule has 28 heavy (non-hydrogen) atoms. The Kier molecular flexibility index (Phi) is 7.64. The lowest BCUT2D eigenvalue weighted by Gasteiger charge is -2.41. The highest BCUT2D eigenvalue weighted by Gasteiger charge is 2.35. The minimum absolute atomic E-state index is 0.536. The molecule has 0 heteroatoms. The normalized spacial score (nSPS) is 38.4. The summed E-state index contributed by atoms with van der Waals surface area (Å²) in [5, 5.41) is 0. The Hall–Kier alpha value is 0. The van der Waals surface area contributed by atoms with Crippen LogP contribution in [0.15, 0.2) is 0 Å². The van der Waals surface area contributed by atoms with Crippen molar-refractivity contribution >= 4 is 0 Å². The van der Waals surface area contributed by atoms with Crippen LogP contribution in [0.2, 0.25) is 0 Å². The highest BCUT2D eigenvalue weighted by Crippen LogP contribution is 2.47. The van der Waals surface area contributed by atoms with Gasteiger partial charge in [0.1, 0.15) is 0 Å². The Labute approximate surface area is 178 Å². The standard InChI is InChI=1S/C28H52/c1-27(2,3)25-17-11-22(12-18-25)8-7-21-9-13-23(14-10-21)24-15-19-26(20-16-24)28(4,5)6/h21-26H,7-20H2,1-6H3. The molecule has 0 saturated heterocycles. The van der Waals surface area contributed by atoms with Gasteiger partial charge in [0.15, 0.2) is 0 Å². The molecular weight excluding hydrogens is 336 g/mol. The molecular formula is C28H52. The van der Waals surface area contributed by atoms with Gasteiger partial charge in [-0.3, -0.25) is 0 Å². The second-order valence-electron chi connectivity index (χ2n) is 13.4. The second kappa shape index (κ2) is 9.43. The van der Waals surface area contributed by atoms with Crippen molar-refractivity contribution in [1.82, 2.24) is 0 Å². The molecule has 0 aromatic heterocycles. The summed E-state index contributed by atoms with van der Waals surface area (Å²) < 4.78 is 0. The third-order valence-electron chi connectivity index (χ3n) is 9.61. The van der Waals surface area contributed by atoms with Crippen LogP contribution >= 0.6 is 0 Å². The van der Waals surface area contributed by atoms with E-state index in [-0.39, 0.29) is 0 Å². The molecule has 3 aliphatic rings. The largest absolute Gasteiger partial charge is 0.0599 e. The van der Waals surface area contributed by atoms with Crippen LogP contribution in [-0.2, 0) is 0 Å². The van der Waals surface area contributed by atoms with E-state index < -0.39 is 0 Å². The lowest BCUT2D eigenvalue weighted by molar-refractivity contribution is 0.0973. The van der Waals surface area contributed by atoms with Gasteiger partial charge < -0.3 is 0 Å². The molecule has 0 aliphatic heterocycles. The van der Waals surface area contributed by atoms with E-state index in [0.29, 0.717) is 10.8 Å². The molecule has 0 spiro atoms. The highest BCUT2D eigenvalue weighted by molar-refractivity contribution is 4.86. The smallest absolute Gasteiger partial charge is 0.0354 e. The molecule has 0 unspecified atom stereocenters. The molecule has 0 heterocycles. The van der Waals surface area contributed by atoms with Crippen LogP contribution < -0.4 is 0 Å². The zero-order chi connectivity index (χ0) is 20.4. The summed E-state index contributed by atoms with van der Waals surface area (Å²) in [6, 6.07) is 0. The minimum Gasteiger partial charge on any atom is -0.0599 e. The molecule has 3 rings (SSSR count). The predicted octanol–water partition coefficient (Wildman–Crippen LogP) is 9.28. The minimum atomic E-state index is 0.536. The summed E-state index contributed by atoms with van der Waals surface area (Å²) >= 11 is 0. The fraction of sp³-hybridized carbons (Fsp3) is 1.00. The molecule has 0 aromatic carbocycles. The third kappa shape index (κ3) is 6.25. The molecule has 3 aliphatic carbocycles. The SMILES string of the molecule is CC(C)(C)C1CCC(CCC2CCC(C3CCC(C(C)(C)C)CC3)CC2)CC1. The summed E-state index contributed by atoms with van der Waals surface area (Å²) in [5.74, 6) is 6.25. The maximum Gasteiger partial charge on any atom is -0.0354 e. The van der Waals surface area contributed by atoms with Gasteiger partial charge in [0, 0.05) is 0 Å². The topological polar surface area (TPSA) is 0 Å². The lowest BCUT2D eigenvalue weighted by atomic mass is 9.64. The van der Waals surface area contributed by atoms with Crippen molar-refractivity contribution in [2.75, 3.05) is 0 Å². The van der Waals surface area contributed by atoms with Gasteiger partial charge in [0.25, 0.3) is 0 Å². The Morgan fingerprint density at radius 3 is 1.07 bits per heavy atom. The molecule has 3 fully saturated rings. The summed E-state index contributed by atoms with van der Waals surface area (Å²) in [7, 11) is 0. The van der Waals surface area contributed by atoms with Crippen molar-refractivity contribution < 1.29 is 0 Å². The summed E-state index contributed by atoms with van der Waals surface area (Å²) in [6.07, 6.45) is 21.5. The van der Waals surface area contributed by atoms with Crippen LogP contribution in [0.4, 0.5) is 0 Å². The van der Waals surface area contributed by atoms with Crippen LogP contribution in [-0.4, -0.2) is 0 Å².